The van der Waals surface area contributed by atoms with Crippen LogP contribution >= 0.6 is 0 Å². The van der Waals surface area contributed by atoms with Gasteiger partial charge in [-0.3, -0.25) is 0 Å². The molecule has 4 rings (SSSR count). The minimum Gasteiger partial charge on any atom is -0.383 e. The van der Waals surface area contributed by atoms with E-state index in [1.54, 1.807) is 0 Å². The van der Waals surface area contributed by atoms with Crippen molar-refractivity contribution in [2.45, 2.75) is 45.8 Å². The van der Waals surface area contributed by atoms with Crippen LogP contribution in [0.5, 0.6) is 0 Å². The second kappa shape index (κ2) is 8.94. The summed E-state index contributed by atoms with van der Waals surface area (Å²) in [4.78, 5) is 4.80. The van der Waals surface area contributed by atoms with E-state index in [1.165, 1.54) is 5.56 Å². The third-order valence-corrected chi connectivity index (χ3v) is 5.86. The van der Waals surface area contributed by atoms with Gasteiger partial charge in [0.25, 0.3) is 0 Å². The third-order valence-electron chi connectivity index (χ3n) is 5.86. The average Bonchev–Trinajstić information content (AvgIpc) is 3.29. The molecule has 1 aromatic heterocycles. The van der Waals surface area contributed by atoms with E-state index in [9.17, 15) is 5.11 Å². The maximum atomic E-state index is 11.2. The van der Waals surface area contributed by atoms with Crippen LogP contribution in [0.4, 0.5) is 0 Å². The molecule has 1 atom stereocenters. The Kier molecular flexibility index (Phi) is 6.09. The van der Waals surface area contributed by atoms with Gasteiger partial charge in [-0.15, -0.1) is 0 Å². The zero-order valence-electron chi connectivity index (χ0n) is 18.5. The van der Waals surface area contributed by atoms with Crippen molar-refractivity contribution in [2.75, 3.05) is 13.1 Å². The quantitative estimate of drug-likeness (QED) is 0.425. The Morgan fingerprint density at radius 1 is 1.13 bits per heavy atom. The highest BCUT2D eigenvalue weighted by atomic mass is 16.3. The summed E-state index contributed by atoms with van der Waals surface area (Å²) >= 11 is 0. The van der Waals surface area contributed by atoms with Crippen molar-refractivity contribution in [2.24, 2.45) is 4.99 Å². The van der Waals surface area contributed by atoms with Gasteiger partial charge in [-0.25, -0.2) is 9.67 Å². The molecule has 0 saturated carbocycles. The molecule has 31 heavy (non-hydrogen) atoms. The molecule has 1 heterocycles. The van der Waals surface area contributed by atoms with E-state index >= 15 is 0 Å². The molecular formula is C25H31N5O. The van der Waals surface area contributed by atoms with Gasteiger partial charge in [0.2, 0.25) is 0 Å². The molecule has 0 bridgehead atoms. The standard InChI is InChI=1S/C25H31N5O/c1-4-26-24(28-17-25(31)14-13-20-9-5-7-11-22(20)25)27-16-21-10-6-8-12-23(21)30-19(3)15-18(2)29-30/h5-12,15,31H,4,13-14,16-17H2,1-3H3,(H2,26,27,28). The molecule has 3 N–H and O–H groups in total. The first-order valence-electron chi connectivity index (χ1n) is 10.9. The van der Waals surface area contributed by atoms with Crippen LogP contribution in [-0.2, 0) is 18.6 Å². The molecule has 6 heteroatoms. The van der Waals surface area contributed by atoms with Crippen LogP contribution in [0.1, 0.15) is 41.4 Å². The van der Waals surface area contributed by atoms with Crippen LogP contribution in [0.3, 0.4) is 0 Å². The number of benzene rings is 2. The van der Waals surface area contributed by atoms with Crippen molar-refractivity contribution in [3.8, 4) is 5.69 Å². The molecule has 1 aliphatic carbocycles. The maximum Gasteiger partial charge on any atom is 0.191 e. The highest BCUT2D eigenvalue weighted by Gasteiger charge is 2.36. The highest BCUT2D eigenvalue weighted by Crippen LogP contribution is 2.36. The summed E-state index contributed by atoms with van der Waals surface area (Å²) in [7, 11) is 0. The molecule has 0 fully saturated rings. The van der Waals surface area contributed by atoms with Crippen LogP contribution in [0.15, 0.2) is 59.6 Å². The number of para-hydroxylation sites is 1. The van der Waals surface area contributed by atoms with Crippen molar-refractivity contribution >= 4 is 5.96 Å². The molecule has 1 aliphatic rings. The topological polar surface area (TPSA) is 74.5 Å². The monoisotopic (exact) mass is 417 g/mol. The molecule has 0 saturated heterocycles. The molecule has 0 radical (unpaired) electrons. The summed E-state index contributed by atoms with van der Waals surface area (Å²) in [6, 6.07) is 18.4. The van der Waals surface area contributed by atoms with E-state index < -0.39 is 5.60 Å². The zero-order chi connectivity index (χ0) is 21.8. The van der Waals surface area contributed by atoms with Gasteiger partial charge in [0.1, 0.15) is 5.60 Å². The second-order valence-electron chi connectivity index (χ2n) is 8.21. The molecule has 1 unspecified atom stereocenters. The van der Waals surface area contributed by atoms with Crippen LogP contribution in [0.2, 0.25) is 0 Å². The largest absolute Gasteiger partial charge is 0.383 e. The van der Waals surface area contributed by atoms with Gasteiger partial charge in [0.05, 0.1) is 24.5 Å². The van der Waals surface area contributed by atoms with E-state index in [-0.39, 0.29) is 0 Å². The lowest BCUT2D eigenvalue weighted by Gasteiger charge is -2.25. The van der Waals surface area contributed by atoms with Crippen LogP contribution in [0, 0.1) is 13.8 Å². The molecular weight excluding hydrogens is 386 g/mol. The number of guanidine groups is 1. The fraction of sp³-hybridized carbons (Fsp3) is 0.360. The van der Waals surface area contributed by atoms with Gasteiger partial charge in [0.15, 0.2) is 5.96 Å². The van der Waals surface area contributed by atoms with Crippen molar-refractivity contribution in [3.05, 3.63) is 82.7 Å². The van der Waals surface area contributed by atoms with Gasteiger partial charge in [-0.05, 0) is 62.4 Å². The number of hydrogen-bond acceptors (Lipinski definition) is 3. The molecule has 0 spiro atoms. The molecule has 3 aromatic rings. The Morgan fingerprint density at radius 3 is 2.68 bits per heavy atom. The number of rotatable bonds is 6. The molecule has 0 aliphatic heterocycles. The SMILES string of the molecule is CCNC(=NCc1ccccc1-n1nc(C)cc1C)NCC1(O)CCc2ccccc21. The summed E-state index contributed by atoms with van der Waals surface area (Å²) < 4.78 is 1.97. The lowest BCUT2D eigenvalue weighted by Crippen LogP contribution is -2.45. The van der Waals surface area contributed by atoms with Crippen LogP contribution in [0.25, 0.3) is 5.69 Å². The summed E-state index contributed by atoms with van der Waals surface area (Å²) in [6.45, 7) is 7.80. The van der Waals surface area contributed by atoms with Crippen molar-refractivity contribution < 1.29 is 5.11 Å². The third kappa shape index (κ3) is 4.49. The van der Waals surface area contributed by atoms with Gasteiger partial charge in [-0.2, -0.15) is 5.10 Å². The Hall–Kier alpha value is -3.12. The minimum absolute atomic E-state index is 0.426. The highest BCUT2D eigenvalue weighted by molar-refractivity contribution is 5.80. The Morgan fingerprint density at radius 2 is 1.90 bits per heavy atom. The molecule has 162 valence electrons. The number of hydrogen-bond donors (Lipinski definition) is 3. The van der Waals surface area contributed by atoms with Crippen molar-refractivity contribution in [1.29, 1.82) is 0 Å². The van der Waals surface area contributed by atoms with E-state index in [1.807, 2.05) is 48.9 Å². The average molecular weight is 418 g/mol. The summed E-state index contributed by atoms with van der Waals surface area (Å²) in [5.41, 5.74) is 5.61. The van der Waals surface area contributed by atoms with Gasteiger partial charge < -0.3 is 15.7 Å². The van der Waals surface area contributed by atoms with Gasteiger partial charge >= 0.3 is 0 Å². The summed E-state index contributed by atoms with van der Waals surface area (Å²) in [5, 5.41) is 22.5. The van der Waals surface area contributed by atoms with Crippen LogP contribution in [-0.4, -0.2) is 33.9 Å². The van der Waals surface area contributed by atoms with Gasteiger partial charge in [-0.1, -0.05) is 42.5 Å². The van der Waals surface area contributed by atoms with Crippen molar-refractivity contribution in [1.82, 2.24) is 20.4 Å². The normalized spacial score (nSPS) is 18.1. The second-order valence-corrected chi connectivity index (χ2v) is 8.21. The molecule has 0 amide bonds. The fourth-order valence-corrected chi connectivity index (χ4v) is 4.31. The smallest absolute Gasteiger partial charge is 0.191 e. The fourth-order valence-electron chi connectivity index (χ4n) is 4.31. The first-order valence-corrected chi connectivity index (χ1v) is 10.9. The number of fused-ring (bicyclic) bond motifs is 1. The van der Waals surface area contributed by atoms with Crippen molar-refractivity contribution in [3.63, 3.8) is 0 Å². The Bertz CT molecular complexity index is 1090. The van der Waals surface area contributed by atoms with E-state index in [2.05, 4.69) is 46.9 Å². The number of aliphatic imine (C=N–C) groups is 1. The maximum absolute atomic E-state index is 11.2. The first-order chi connectivity index (χ1) is 15.0. The molecule has 2 aromatic carbocycles. The predicted molar refractivity (Wildman–Crippen MR) is 125 cm³/mol. The predicted octanol–water partition coefficient (Wildman–Crippen LogP) is 3.38. The zero-order valence-corrected chi connectivity index (χ0v) is 18.5. The number of nitrogens with one attached hydrogen (secondary N) is 2. The summed E-state index contributed by atoms with van der Waals surface area (Å²) in [5.74, 6) is 0.698. The number of nitrogens with zero attached hydrogens (tertiary/aromatic N) is 3. The Labute approximate surface area is 184 Å². The molecule has 6 nitrogen and oxygen atoms in total. The lowest BCUT2D eigenvalue weighted by molar-refractivity contribution is 0.0432. The lowest BCUT2D eigenvalue weighted by atomic mass is 9.96. The minimum atomic E-state index is -0.867. The van der Waals surface area contributed by atoms with Gasteiger partial charge in [0, 0.05) is 12.2 Å². The van der Waals surface area contributed by atoms with E-state index in [0.717, 1.165) is 47.6 Å². The number of aryl methyl sites for hydroxylation is 3. The Balaban J connectivity index is 1.51. The number of aliphatic hydroxyl groups is 1. The van der Waals surface area contributed by atoms with E-state index in [0.29, 0.717) is 19.0 Å². The first kappa shape index (κ1) is 21.1. The van der Waals surface area contributed by atoms with E-state index in [4.69, 9.17) is 4.99 Å². The number of aromatic nitrogens is 2. The van der Waals surface area contributed by atoms with Crippen LogP contribution < -0.4 is 10.6 Å². The summed E-state index contributed by atoms with van der Waals surface area (Å²) in [6.07, 6.45) is 1.62.